The summed E-state index contributed by atoms with van der Waals surface area (Å²) in [5.41, 5.74) is 3.57. The van der Waals surface area contributed by atoms with Crippen LogP contribution < -0.4 is 10.1 Å². The first-order chi connectivity index (χ1) is 9.70. The maximum Gasteiger partial charge on any atom is 0.130 e. The van der Waals surface area contributed by atoms with Gasteiger partial charge in [-0.1, -0.05) is 37.3 Å². The van der Waals surface area contributed by atoms with Crippen LogP contribution in [0.15, 0.2) is 42.5 Å². The van der Waals surface area contributed by atoms with Gasteiger partial charge in [-0.3, -0.25) is 0 Å². The normalized spacial score (nSPS) is 10.6. The van der Waals surface area contributed by atoms with Crippen LogP contribution in [0.5, 0.6) is 11.5 Å². The van der Waals surface area contributed by atoms with Gasteiger partial charge >= 0.3 is 0 Å². The van der Waals surface area contributed by atoms with E-state index >= 15 is 0 Å². The van der Waals surface area contributed by atoms with Gasteiger partial charge in [-0.05, 0) is 55.6 Å². The van der Waals surface area contributed by atoms with E-state index < -0.39 is 0 Å². The highest BCUT2D eigenvalue weighted by molar-refractivity contribution is 5.42. The topological polar surface area (TPSA) is 21.3 Å². The predicted octanol–water partition coefficient (Wildman–Crippen LogP) is 4.60. The molecule has 2 rings (SSSR count). The van der Waals surface area contributed by atoms with Crippen LogP contribution in [0.1, 0.15) is 30.0 Å². The average molecular weight is 269 g/mol. The highest BCUT2D eigenvalue weighted by Crippen LogP contribution is 2.28. The molecule has 0 saturated carbocycles. The number of benzene rings is 2. The van der Waals surface area contributed by atoms with Crippen molar-refractivity contribution in [2.75, 3.05) is 6.54 Å². The summed E-state index contributed by atoms with van der Waals surface area (Å²) in [6, 6.07) is 14.5. The minimum Gasteiger partial charge on any atom is -0.457 e. The monoisotopic (exact) mass is 269 g/mol. The molecule has 2 heteroatoms. The number of rotatable bonds is 6. The number of para-hydroxylation sites is 1. The van der Waals surface area contributed by atoms with E-state index in [1.54, 1.807) is 0 Å². The van der Waals surface area contributed by atoms with Crippen molar-refractivity contribution in [3.8, 4) is 11.5 Å². The molecule has 0 spiro atoms. The Hall–Kier alpha value is -1.80. The van der Waals surface area contributed by atoms with Crippen molar-refractivity contribution >= 4 is 0 Å². The zero-order chi connectivity index (χ0) is 14.4. The lowest BCUT2D eigenvalue weighted by Crippen LogP contribution is -2.13. The van der Waals surface area contributed by atoms with Gasteiger partial charge in [0.25, 0.3) is 0 Å². The number of nitrogens with one attached hydrogen (secondary N) is 1. The summed E-state index contributed by atoms with van der Waals surface area (Å²) in [5.74, 6) is 1.87. The second-order valence-corrected chi connectivity index (χ2v) is 5.14. The van der Waals surface area contributed by atoms with Crippen molar-refractivity contribution in [3.63, 3.8) is 0 Å². The second-order valence-electron chi connectivity index (χ2n) is 5.14. The SMILES string of the molecule is CCCNCc1ccc(C)c(Oc2ccccc2C)c1. The van der Waals surface area contributed by atoms with Crippen LogP contribution in [0.4, 0.5) is 0 Å². The molecule has 0 aromatic heterocycles. The molecule has 0 aliphatic heterocycles. The van der Waals surface area contributed by atoms with Gasteiger partial charge in [0.05, 0.1) is 0 Å². The van der Waals surface area contributed by atoms with E-state index in [2.05, 4.69) is 50.4 Å². The van der Waals surface area contributed by atoms with E-state index in [-0.39, 0.29) is 0 Å². The van der Waals surface area contributed by atoms with Gasteiger partial charge in [-0.2, -0.15) is 0 Å². The van der Waals surface area contributed by atoms with Crippen LogP contribution in [0.2, 0.25) is 0 Å². The lowest BCUT2D eigenvalue weighted by Gasteiger charge is -2.12. The molecule has 2 nitrogen and oxygen atoms in total. The molecule has 2 aromatic carbocycles. The standard InChI is InChI=1S/C18H23NO/c1-4-11-19-13-16-10-9-15(3)18(12-16)20-17-8-6-5-7-14(17)2/h5-10,12,19H,4,11,13H2,1-3H3. The third kappa shape index (κ3) is 3.84. The van der Waals surface area contributed by atoms with Gasteiger partial charge in [-0.25, -0.2) is 0 Å². The predicted molar refractivity (Wildman–Crippen MR) is 84.4 cm³/mol. The Balaban J connectivity index is 2.14. The van der Waals surface area contributed by atoms with Gasteiger partial charge < -0.3 is 10.1 Å². The Morgan fingerprint density at radius 3 is 2.45 bits per heavy atom. The molecule has 0 bridgehead atoms. The number of aryl methyl sites for hydroxylation is 2. The molecular formula is C18H23NO. The molecule has 0 aliphatic rings. The average Bonchev–Trinajstić information content (AvgIpc) is 2.45. The molecule has 0 saturated heterocycles. The Labute approximate surface area is 121 Å². The first kappa shape index (κ1) is 14.6. The summed E-state index contributed by atoms with van der Waals surface area (Å²) in [6.07, 6.45) is 1.15. The Morgan fingerprint density at radius 2 is 1.70 bits per heavy atom. The molecule has 0 amide bonds. The van der Waals surface area contributed by atoms with Crippen molar-refractivity contribution in [1.29, 1.82) is 0 Å². The molecule has 0 heterocycles. The maximum atomic E-state index is 6.06. The van der Waals surface area contributed by atoms with Gasteiger partial charge in [-0.15, -0.1) is 0 Å². The molecular weight excluding hydrogens is 246 g/mol. The van der Waals surface area contributed by atoms with E-state index in [0.717, 1.165) is 42.1 Å². The summed E-state index contributed by atoms with van der Waals surface area (Å²) in [5, 5.41) is 3.42. The minimum atomic E-state index is 0.887. The van der Waals surface area contributed by atoms with E-state index in [9.17, 15) is 0 Å². The Morgan fingerprint density at radius 1 is 0.950 bits per heavy atom. The van der Waals surface area contributed by atoms with Crippen molar-refractivity contribution in [1.82, 2.24) is 5.32 Å². The lowest BCUT2D eigenvalue weighted by atomic mass is 10.1. The molecule has 0 atom stereocenters. The minimum absolute atomic E-state index is 0.887. The molecule has 0 fully saturated rings. The smallest absolute Gasteiger partial charge is 0.130 e. The quantitative estimate of drug-likeness (QED) is 0.774. The zero-order valence-corrected chi connectivity index (χ0v) is 12.6. The van der Waals surface area contributed by atoms with Crippen molar-refractivity contribution in [2.45, 2.75) is 33.7 Å². The molecule has 106 valence electrons. The van der Waals surface area contributed by atoms with Crippen LogP contribution in [0, 0.1) is 13.8 Å². The largest absolute Gasteiger partial charge is 0.457 e. The number of hydrogen-bond donors (Lipinski definition) is 1. The highest BCUT2D eigenvalue weighted by atomic mass is 16.5. The fourth-order valence-electron chi connectivity index (χ4n) is 2.06. The van der Waals surface area contributed by atoms with Crippen LogP contribution >= 0.6 is 0 Å². The van der Waals surface area contributed by atoms with E-state index in [4.69, 9.17) is 4.74 Å². The zero-order valence-electron chi connectivity index (χ0n) is 12.6. The first-order valence-corrected chi connectivity index (χ1v) is 7.24. The molecule has 1 N–H and O–H groups in total. The Bertz CT molecular complexity index is 563. The van der Waals surface area contributed by atoms with Gasteiger partial charge in [0.2, 0.25) is 0 Å². The van der Waals surface area contributed by atoms with E-state index in [1.807, 2.05) is 18.2 Å². The fraction of sp³-hybridized carbons (Fsp3) is 0.333. The van der Waals surface area contributed by atoms with E-state index in [1.165, 1.54) is 5.56 Å². The van der Waals surface area contributed by atoms with Crippen LogP contribution in [0.25, 0.3) is 0 Å². The van der Waals surface area contributed by atoms with Gasteiger partial charge in [0, 0.05) is 6.54 Å². The lowest BCUT2D eigenvalue weighted by molar-refractivity contribution is 0.474. The molecule has 0 radical (unpaired) electrons. The van der Waals surface area contributed by atoms with Gasteiger partial charge in [0.1, 0.15) is 11.5 Å². The van der Waals surface area contributed by atoms with E-state index in [0.29, 0.717) is 0 Å². The van der Waals surface area contributed by atoms with Crippen molar-refractivity contribution in [2.24, 2.45) is 0 Å². The summed E-state index contributed by atoms with van der Waals surface area (Å²) < 4.78 is 6.06. The van der Waals surface area contributed by atoms with Crippen LogP contribution in [-0.2, 0) is 6.54 Å². The summed E-state index contributed by atoms with van der Waals surface area (Å²) in [4.78, 5) is 0. The molecule has 2 aromatic rings. The fourth-order valence-corrected chi connectivity index (χ4v) is 2.06. The molecule has 0 aliphatic carbocycles. The van der Waals surface area contributed by atoms with Crippen LogP contribution in [0.3, 0.4) is 0 Å². The third-order valence-electron chi connectivity index (χ3n) is 3.32. The van der Waals surface area contributed by atoms with Crippen molar-refractivity contribution in [3.05, 3.63) is 59.2 Å². The second kappa shape index (κ2) is 7.11. The molecule has 0 unspecified atom stereocenters. The summed E-state index contributed by atoms with van der Waals surface area (Å²) in [6.45, 7) is 8.25. The summed E-state index contributed by atoms with van der Waals surface area (Å²) in [7, 11) is 0. The number of ether oxygens (including phenoxy) is 1. The first-order valence-electron chi connectivity index (χ1n) is 7.24. The van der Waals surface area contributed by atoms with Crippen molar-refractivity contribution < 1.29 is 4.74 Å². The third-order valence-corrected chi connectivity index (χ3v) is 3.32. The molecule has 20 heavy (non-hydrogen) atoms. The summed E-state index contributed by atoms with van der Waals surface area (Å²) >= 11 is 0. The van der Waals surface area contributed by atoms with Gasteiger partial charge in [0.15, 0.2) is 0 Å². The highest BCUT2D eigenvalue weighted by Gasteiger charge is 2.05. The van der Waals surface area contributed by atoms with Crippen LogP contribution in [-0.4, -0.2) is 6.54 Å². The maximum absolute atomic E-state index is 6.06. The number of hydrogen-bond acceptors (Lipinski definition) is 2. The Kier molecular flexibility index (Phi) is 5.19.